The van der Waals surface area contributed by atoms with E-state index in [0.29, 0.717) is 17.7 Å². The number of carbonyl (C=O) groups is 2. The highest BCUT2D eigenvalue weighted by molar-refractivity contribution is 5.96. The molecule has 21 heavy (non-hydrogen) atoms. The number of hydrogen-bond acceptors (Lipinski definition) is 3. The van der Waals surface area contributed by atoms with Crippen molar-refractivity contribution in [3.63, 3.8) is 0 Å². The number of anilines is 1. The first-order valence-corrected chi connectivity index (χ1v) is 7.55. The van der Waals surface area contributed by atoms with Crippen molar-refractivity contribution in [2.75, 3.05) is 18.4 Å². The van der Waals surface area contributed by atoms with Crippen LogP contribution < -0.4 is 11.1 Å². The van der Waals surface area contributed by atoms with E-state index in [1.807, 2.05) is 11.8 Å². The standard InChI is InChI=1S/C16H23N3O2/c1-2-13(17)11-15(20)18-14-7-5-12(6-8-14)16(21)19-9-3-4-10-19/h5-8,13H,2-4,9-11,17H2,1H3,(H,18,20). The van der Waals surface area contributed by atoms with Crippen molar-refractivity contribution < 1.29 is 9.59 Å². The lowest BCUT2D eigenvalue weighted by atomic mass is 10.1. The minimum absolute atomic E-state index is 0.0679. The van der Waals surface area contributed by atoms with Crippen LogP contribution in [0, 0.1) is 0 Å². The number of nitrogens with one attached hydrogen (secondary N) is 1. The number of carbonyl (C=O) groups excluding carboxylic acids is 2. The van der Waals surface area contributed by atoms with Gasteiger partial charge in [-0.15, -0.1) is 0 Å². The number of hydrogen-bond donors (Lipinski definition) is 2. The van der Waals surface area contributed by atoms with Gasteiger partial charge in [-0.3, -0.25) is 9.59 Å². The molecule has 3 N–H and O–H groups in total. The summed E-state index contributed by atoms with van der Waals surface area (Å²) >= 11 is 0. The molecule has 1 aromatic rings. The van der Waals surface area contributed by atoms with Crippen LogP contribution in [0.1, 0.15) is 43.0 Å². The van der Waals surface area contributed by atoms with Crippen LogP contribution in [-0.4, -0.2) is 35.8 Å². The topological polar surface area (TPSA) is 75.4 Å². The third kappa shape index (κ3) is 4.29. The molecule has 1 aliphatic heterocycles. The van der Waals surface area contributed by atoms with Crippen molar-refractivity contribution in [2.24, 2.45) is 5.73 Å². The Morgan fingerprint density at radius 1 is 1.24 bits per heavy atom. The minimum Gasteiger partial charge on any atom is -0.339 e. The molecule has 0 spiro atoms. The molecule has 114 valence electrons. The van der Waals surface area contributed by atoms with Gasteiger partial charge in [-0.1, -0.05) is 6.92 Å². The van der Waals surface area contributed by atoms with E-state index in [0.717, 1.165) is 32.4 Å². The Morgan fingerprint density at radius 3 is 2.43 bits per heavy atom. The molecule has 0 radical (unpaired) electrons. The molecule has 1 heterocycles. The number of rotatable bonds is 5. The Bertz CT molecular complexity index is 493. The fourth-order valence-corrected chi connectivity index (χ4v) is 2.39. The lowest BCUT2D eigenvalue weighted by molar-refractivity contribution is -0.116. The van der Waals surface area contributed by atoms with Crippen LogP contribution in [0.25, 0.3) is 0 Å². The van der Waals surface area contributed by atoms with Gasteiger partial charge in [-0.05, 0) is 43.5 Å². The summed E-state index contributed by atoms with van der Waals surface area (Å²) in [4.78, 5) is 25.8. The Hall–Kier alpha value is -1.88. The molecule has 1 fully saturated rings. The molecular formula is C16H23N3O2. The Kier molecular flexibility index (Phi) is 5.33. The third-order valence-electron chi connectivity index (χ3n) is 3.78. The maximum Gasteiger partial charge on any atom is 0.253 e. The summed E-state index contributed by atoms with van der Waals surface area (Å²) < 4.78 is 0. The summed E-state index contributed by atoms with van der Waals surface area (Å²) in [5.41, 5.74) is 7.11. The second-order valence-electron chi connectivity index (χ2n) is 5.50. The Morgan fingerprint density at radius 2 is 1.86 bits per heavy atom. The van der Waals surface area contributed by atoms with Gasteiger partial charge in [0.15, 0.2) is 0 Å². The van der Waals surface area contributed by atoms with Gasteiger partial charge >= 0.3 is 0 Å². The van der Waals surface area contributed by atoms with Crippen molar-refractivity contribution >= 4 is 17.5 Å². The van der Waals surface area contributed by atoms with Crippen LogP contribution in [0.5, 0.6) is 0 Å². The van der Waals surface area contributed by atoms with E-state index in [9.17, 15) is 9.59 Å². The minimum atomic E-state index is -0.110. The highest BCUT2D eigenvalue weighted by Gasteiger charge is 2.19. The molecule has 2 amide bonds. The van der Waals surface area contributed by atoms with E-state index in [1.165, 1.54) is 0 Å². The molecule has 0 bridgehead atoms. The molecule has 0 aliphatic carbocycles. The van der Waals surface area contributed by atoms with Crippen LogP contribution in [0.15, 0.2) is 24.3 Å². The summed E-state index contributed by atoms with van der Waals surface area (Å²) in [6.07, 6.45) is 3.25. The van der Waals surface area contributed by atoms with E-state index < -0.39 is 0 Å². The van der Waals surface area contributed by atoms with Gasteiger partial charge in [-0.2, -0.15) is 0 Å². The lowest BCUT2D eigenvalue weighted by Crippen LogP contribution is -2.27. The monoisotopic (exact) mass is 289 g/mol. The van der Waals surface area contributed by atoms with Crippen molar-refractivity contribution in [3.05, 3.63) is 29.8 Å². The second kappa shape index (κ2) is 7.22. The van der Waals surface area contributed by atoms with Crippen LogP contribution in [0.2, 0.25) is 0 Å². The molecule has 1 unspecified atom stereocenters. The SMILES string of the molecule is CCC(N)CC(=O)Nc1ccc(C(=O)N2CCCC2)cc1. The second-order valence-corrected chi connectivity index (χ2v) is 5.50. The molecule has 5 nitrogen and oxygen atoms in total. The Labute approximate surface area is 125 Å². The average molecular weight is 289 g/mol. The summed E-state index contributed by atoms with van der Waals surface area (Å²) in [6, 6.07) is 6.93. The smallest absolute Gasteiger partial charge is 0.253 e. The molecule has 1 atom stereocenters. The molecule has 1 saturated heterocycles. The fraction of sp³-hybridized carbons (Fsp3) is 0.500. The summed E-state index contributed by atoms with van der Waals surface area (Å²) in [5.74, 6) is -0.0265. The van der Waals surface area contributed by atoms with Crippen LogP contribution in [-0.2, 0) is 4.79 Å². The summed E-state index contributed by atoms with van der Waals surface area (Å²) in [5, 5.41) is 2.80. The van der Waals surface area contributed by atoms with Gasteiger partial charge < -0.3 is 16.0 Å². The summed E-state index contributed by atoms with van der Waals surface area (Å²) in [6.45, 7) is 3.63. The highest BCUT2D eigenvalue weighted by atomic mass is 16.2. The number of benzene rings is 1. The molecule has 0 aromatic heterocycles. The molecule has 1 aliphatic rings. The first kappa shape index (κ1) is 15.5. The zero-order valence-corrected chi connectivity index (χ0v) is 12.5. The Balaban J connectivity index is 1.92. The van der Waals surface area contributed by atoms with Crippen LogP contribution >= 0.6 is 0 Å². The van der Waals surface area contributed by atoms with E-state index in [-0.39, 0.29) is 17.9 Å². The van der Waals surface area contributed by atoms with E-state index in [4.69, 9.17) is 5.73 Å². The molecule has 2 rings (SSSR count). The van der Waals surface area contributed by atoms with E-state index >= 15 is 0 Å². The fourth-order valence-electron chi connectivity index (χ4n) is 2.39. The van der Waals surface area contributed by atoms with Gasteiger partial charge in [0, 0.05) is 36.8 Å². The van der Waals surface area contributed by atoms with Crippen molar-refractivity contribution in [1.29, 1.82) is 0 Å². The predicted octanol–water partition coefficient (Wildman–Crippen LogP) is 1.99. The highest BCUT2D eigenvalue weighted by Crippen LogP contribution is 2.15. The molecule has 1 aromatic carbocycles. The maximum absolute atomic E-state index is 12.2. The quantitative estimate of drug-likeness (QED) is 0.870. The van der Waals surface area contributed by atoms with Crippen molar-refractivity contribution in [1.82, 2.24) is 4.90 Å². The normalized spacial score (nSPS) is 15.8. The van der Waals surface area contributed by atoms with Gasteiger partial charge in [0.2, 0.25) is 5.91 Å². The lowest BCUT2D eigenvalue weighted by Gasteiger charge is -2.15. The molecule has 5 heteroatoms. The van der Waals surface area contributed by atoms with Gasteiger partial charge in [0.1, 0.15) is 0 Å². The first-order valence-electron chi connectivity index (χ1n) is 7.55. The largest absolute Gasteiger partial charge is 0.339 e. The summed E-state index contributed by atoms with van der Waals surface area (Å²) in [7, 11) is 0. The third-order valence-corrected chi connectivity index (χ3v) is 3.78. The number of nitrogens with two attached hydrogens (primary N) is 1. The van der Waals surface area contributed by atoms with Gasteiger partial charge in [-0.25, -0.2) is 0 Å². The maximum atomic E-state index is 12.2. The van der Waals surface area contributed by atoms with Gasteiger partial charge in [0.25, 0.3) is 5.91 Å². The van der Waals surface area contributed by atoms with Crippen molar-refractivity contribution in [2.45, 2.75) is 38.6 Å². The number of amides is 2. The number of nitrogens with zero attached hydrogens (tertiary/aromatic N) is 1. The zero-order chi connectivity index (χ0) is 15.2. The average Bonchev–Trinajstić information content (AvgIpc) is 3.01. The van der Waals surface area contributed by atoms with E-state index in [2.05, 4.69) is 5.32 Å². The molecule has 0 saturated carbocycles. The zero-order valence-electron chi connectivity index (χ0n) is 12.5. The predicted molar refractivity (Wildman–Crippen MR) is 83.1 cm³/mol. The number of likely N-dealkylation sites (tertiary alicyclic amines) is 1. The van der Waals surface area contributed by atoms with Gasteiger partial charge in [0.05, 0.1) is 0 Å². The van der Waals surface area contributed by atoms with Crippen molar-refractivity contribution in [3.8, 4) is 0 Å². The van der Waals surface area contributed by atoms with Crippen LogP contribution in [0.3, 0.4) is 0 Å². The molecular weight excluding hydrogens is 266 g/mol. The van der Waals surface area contributed by atoms with Crippen LogP contribution in [0.4, 0.5) is 5.69 Å². The van der Waals surface area contributed by atoms with E-state index in [1.54, 1.807) is 24.3 Å². The first-order chi connectivity index (χ1) is 10.1.